The Bertz CT molecular complexity index is 4650. The minimum Gasteiger partial charge on any atom is -0.493 e. The van der Waals surface area contributed by atoms with Crippen LogP contribution in [-0.2, 0) is 40.4 Å². The van der Waals surface area contributed by atoms with Crippen molar-refractivity contribution < 1.29 is 33.1 Å². The van der Waals surface area contributed by atoms with Crippen LogP contribution in [0, 0.1) is 17.8 Å². The number of amides is 3. The van der Waals surface area contributed by atoms with Crippen molar-refractivity contribution in [2.24, 2.45) is 17.8 Å². The van der Waals surface area contributed by atoms with Gasteiger partial charge in [0.2, 0.25) is 18.2 Å². The molecule has 500 valence electrons. The number of ether oxygens (including phenoxy) is 1. The van der Waals surface area contributed by atoms with Gasteiger partial charge in [0.25, 0.3) is 0 Å². The van der Waals surface area contributed by atoms with Gasteiger partial charge >= 0.3 is 0 Å². The number of hydrogen-bond donors (Lipinski definition) is 4. The van der Waals surface area contributed by atoms with E-state index < -0.39 is 6.61 Å². The number of likely N-dealkylation sites (tertiary alicyclic amines) is 3. The summed E-state index contributed by atoms with van der Waals surface area (Å²) in [4.78, 5) is 70.2. The Morgan fingerprint density at radius 1 is 0.573 bits per heavy atom. The number of aryl methyl sites for hydroxylation is 3. The predicted molar refractivity (Wildman–Crippen MR) is 385 cm³/mol. The van der Waals surface area contributed by atoms with Crippen molar-refractivity contribution in [3.05, 3.63) is 117 Å². The molecular formula is C68H72Br3N15O7S3. The highest BCUT2D eigenvalue weighted by Crippen LogP contribution is 2.43. The summed E-state index contributed by atoms with van der Waals surface area (Å²) in [6, 6.07) is 22.2. The SMILES string of the molecule is CC(=O)N1CCC(CCn2c(Sc3cc4occc4cc3Br)nc3c(N)nccc32)CC1.Nc1nccc2c1nc(Sc1cc3c(cc1Br)CCO3)n2CCC1CCN(C(=O)CO)CC1.Nc1nccc2c1nc(Sc1cc3occc3cc1Br)n2CCC1CCN(C=O)CC1. The van der Waals surface area contributed by atoms with Gasteiger partial charge < -0.3 is 64.3 Å². The quantitative estimate of drug-likeness (QED) is 0.0616. The Morgan fingerprint density at radius 3 is 1.40 bits per heavy atom. The number of rotatable bonds is 17. The molecule has 12 heterocycles. The maximum absolute atomic E-state index is 11.7. The van der Waals surface area contributed by atoms with Crippen molar-refractivity contribution in [3.8, 4) is 5.75 Å². The molecule has 3 aromatic carbocycles. The lowest BCUT2D eigenvalue weighted by Crippen LogP contribution is -2.40. The third-order valence-corrected chi connectivity index (χ3v) is 24.5. The second-order valence-electron chi connectivity index (χ2n) is 24.5. The third-order valence-electron chi connectivity index (χ3n) is 18.6. The Morgan fingerprint density at radius 2 is 0.979 bits per heavy atom. The van der Waals surface area contributed by atoms with Crippen LogP contribution in [0.15, 0.2) is 150 Å². The van der Waals surface area contributed by atoms with Gasteiger partial charge in [0.1, 0.15) is 40.1 Å². The number of aromatic nitrogens is 9. The number of carbonyl (C=O) groups is 3. The number of hydrogen-bond acceptors (Lipinski definition) is 19. The van der Waals surface area contributed by atoms with Crippen LogP contribution in [0.1, 0.15) is 70.3 Å². The van der Waals surface area contributed by atoms with Gasteiger partial charge in [-0.1, -0.05) is 35.3 Å². The van der Waals surface area contributed by atoms with Crippen molar-refractivity contribution in [3.63, 3.8) is 0 Å². The average Bonchev–Trinajstić information content (AvgIpc) is 1.65. The number of aliphatic hydroxyl groups excluding tert-OH is 1. The molecule has 3 fully saturated rings. The molecule has 0 aliphatic carbocycles. The number of aliphatic hydroxyl groups is 1. The second kappa shape index (κ2) is 30.2. The molecule has 7 N–H and O–H groups in total. The van der Waals surface area contributed by atoms with Crippen molar-refractivity contribution in [2.45, 2.75) is 121 Å². The molecule has 96 heavy (non-hydrogen) atoms. The first kappa shape index (κ1) is 67.2. The van der Waals surface area contributed by atoms with Gasteiger partial charge in [-0.3, -0.25) is 14.4 Å². The Balaban J connectivity index is 0.000000130. The normalized spacial score (nSPS) is 15.5. The van der Waals surface area contributed by atoms with Gasteiger partial charge in [0.15, 0.2) is 32.9 Å². The largest absolute Gasteiger partial charge is 0.493 e. The zero-order valence-electron chi connectivity index (χ0n) is 52.8. The van der Waals surface area contributed by atoms with Crippen LogP contribution in [-0.4, -0.2) is 134 Å². The lowest BCUT2D eigenvalue weighted by atomic mass is 9.93. The summed E-state index contributed by atoms with van der Waals surface area (Å²) in [7, 11) is 0. The van der Waals surface area contributed by atoms with Crippen LogP contribution < -0.4 is 21.9 Å². The van der Waals surface area contributed by atoms with E-state index in [4.69, 9.17) is 50.8 Å². The number of nitrogens with two attached hydrogens (primary N) is 3. The van der Waals surface area contributed by atoms with Gasteiger partial charge in [-0.15, -0.1) is 0 Å². The van der Waals surface area contributed by atoms with Crippen LogP contribution in [0.4, 0.5) is 17.5 Å². The molecule has 28 heteroatoms. The molecule has 3 saturated heterocycles. The first-order valence-electron chi connectivity index (χ1n) is 32.1. The number of furan rings is 2. The minimum atomic E-state index is -0.412. The van der Waals surface area contributed by atoms with E-state index in [0.29, 0.717) is 48.3 Å². The predicted octanol–water partition coefficient (Wildman–Crippen LogP) is 13.7. The van der Waals surface area contributed by atoms with E-state index in [9.17, 15) is 14.4 Å². The number of nitrogens with zero attached hydrogens (tertiary/aromatic N) is 12. The number of benzene rings is 3. The number of piperidine rings is 3. The Labute approximate surface area is 591 Å². The maximum Gasteiger partial charge on any atom is 0.248 e. The zero-order valence-corrected chi connectivity index (χ0v) is 60.0. The summed E-state index contributed by atoms with van der Waals surface area (Å²) in [6.07, 6.45) is 19.6. The van der Waals surface area contributed by atoms with Gasteiger partial charge in [-0.05, 0) is 196 Å². The van der Waals surface area contributed by atoms with Crippen LogP contribution in [0.2, 0.25) is 0 Å². The van der Waals surface area contributed by atoms with Crippen molar-refractivity contribution >= 4 is 174 Å². The number of fused-ring (bicyclic) bond motifs is 6. The Hall–Kier alpha value is -7.34. The summed E-state index contributed by atoms with van der Waals surface area (Å²) in [5.74, 6) is 3.94. The fourth-order valence-electron chi connectivity index (χ4n) is 13.1. The van der Waals surface area contributed by atoms with E-state index in [0.717, 1.165) is 227 Å². The van der Waals surface area contributed by atoms with Gasteiger partial charge in [-0.2, -0.15) is 0 Å². The van der Waals surface area contributed by atoms with E-state index in [1.165, 1.54) is 5.56 Å². The summed E-state index contributed by atoms with van der Waals surface area (Å²) in [5.41, 5.74) is 26.5. The van der Waals surface area contributed by atoms with Crippen LogP contribution in [0.5, 0.6) is 5.75 Å². The lowest BCUT2D eigenvalue weighted by molar-refractivity contribution is -0.135. The van der Waals surface area contributed by atoms with E-state index in [1.807, 2.05) is 52.3 Å². The molecule has 22 nitrogen and oxygen atoms in total. The van der Waals surface area contributed by atoms with E-state index >= 15 is 0 Å². The summed E-state index contributed by atoms with van der Waals surface area (Å²) in [6.45, 7) is 9.23. The number of nitrogen functional groups attached to an aromatic ring is 3. The van der Waals surface area contributed by atoms with E-state index in [-0.39, 0.29) is 11.8 Å². The topological polar surface area (TPSA) is 287 Å². The highest BCUT2D eigenvalue weighted by atomic mass is 79.9. The number of imidazole rings is 3. The molecule has 0 unspecified atom stereocenters. The standard InChI is InChI=1S/C23H26BrN5O3S.C23H24BrN5O2S.C22H22BrN5O2S/c24-16-11-15-5-10-32-18(15)12-19(16)33-23-27-21-17(1-6-26-22(21)25)29(23)9-4-14-2-7-28(8-3-14)20(31)13-30;1-14(30)28-8-3-15(4-9-28)5-10-29-18-2-7-26-22(25)21(18)27-23(29)32-20-13-19-16(6-11-31-19)12-17(20)24;23-16-11-15-5-10-30-18(15)12-19(16)31-22-26-20-17(1-6-25-21(20)24)28(22)9-4-14-2-7-27(13-29)8-3-14/h1,6,11-12,14,30H,2-5,7-10,13H2,(H2,25,26);2,6-7,11-13,15H,3-5,8-10H2,1H3,(H2,25,26);1,5-6,10-14H,2-4,7-9H2,(H2,24,25). The van der Waals surface area contributed by atoms with Crippen molar-refractivity contribution in [1.29, 1.82) is 0 Å². The molecule has 4 aliphatic heterocycles. The van der Waals surface area contributed by atoms with E-state index in [2.05, 4.69) is 101 Å². The summed E-state index contributed by atoms with van der Waals surface area (Å²) >= 11 is 15.9. The number of pyridine rings is 3. The zero-order chi connectivity index (χ0) is 66.6. The number of carbonyl (C=O) groups excluding carboxylic acids is 3. The average molecular weight is 1550 g/mol. The Kier molecular flexibility index (Phi) is 21.1. The molecule has 4 aliphatic rings. The molecule has 0 radical (unpaired) electrons. The molecule has 15 rings (SSSR count). The molecule has 0 bridgehead atoms. The molecule has 8 aromatic heterocycles. The van der Waals surface area contributed by atoms with Crippen LogP contribution in [0.25, 0.3) is 55.0 Å². The molecule has 0 saturated carbocycles. The first-order chi connectivity index (χ1) is 46.6. The molecular weight excluding hydrogens is 1470 g/mol. The van der Waals surface area contributed by atoms with Crippen molar-refractivity contribution in [1.82, 2.24) is 58.3 Å². The summed E-state index contributed by atoms with van der Waals surface area (Å²) < 4.78 is 26.7. The highest BCUT2D eigenvalue weighted by molar-refractivity contribution is 9.11. The molecule has 0 atom stereocenters. The molecule has 0 spiro atoms. The fourth-order valence-corrected chi connectivity index (χ4v) is 17.8. The third kappa shape index (κ3) is 15.0. The lowest BCUT2D eigenvalue weighted by Gasteiger charge is -2.31. The maximum atomic E-state index is 11.7. The second-order valence-corrected chi connectivity index (χ2v) is 30.1. The fraction of sp³-hybridized carbons (Fsp3) is 0.368. The van der Waals surface area contributed by atoms with E-state index in [1.54, 1.807) is 78.2 Å². The first-order valence-corrected chi connectivity index (χ1v) is 37.0. The van der Waals surface area contributed by atoms with Gasteiger partial charge in [0, 0.05) is 130 Å². The number of anilines is 3. The minimum absolute atomic E-state index is 0.171. The monoisotopic (exact) mass is 1540 g/mol. The molecule has 3 amide bonds. The smallest absolute Gasteiger partial charge is 0.248 e. The van der Waals surface area contributed by atoms with Gasteiger partial charge in [-0.25, -0.2) is 29.9 Å². The van der Waals surface area contributed by atoms with Crippen LogP contribution >= 0.6 is 83.1 Å². The summed E-state index contributed by atoms with van der Waals surface area (Å²) in [5, 5.41) is 13.8. The van der Waals surface area contributed by atoms with Crippen molar-refractivity contribution in [2.75, 3.05) is 69.7 Å². The van der Waals surface area contributed by atoms with Crippen LogP contribution in [0.3, 0.4) is 0 Å². The number of halogens is 3. The molecule has 11 aromatic rings. The highest BCUT2D eigenvalue weighted by Gasteiger charge is 2.27. The van der Waals surface area contributed by atoms with Gasteiger partial charge in [0.05, 0.1) is 35.7 Å².